The number of piperazine rings is 1. The van der Waals surface area contributed by atoms with Gasteiger partial charge < -0.3 is 25.2 Å². The highest BCUT2D eigenvalue weighted by Gasteiger charge is 2.23. The van der Waals surface area contributed by atoms with Crippen LogP contribution in [0.25, 0.3) is 0 Å². The number of amides is 1. The summed E-state index contributed by atoms with van der Waals surface area (Å²) in [7, 11) is 3.87. The maximum atomic E-state index is 12.2. The van der Waals surface area contributed by atoms with Crippen LogP contribution in [0.4, 0.5) is 4.79 Å². The fraction of sp³-hybridized carbons (Fsp3) is 0.913. The molecule has 0 aromatic rings. The van der Waals surface area contributed by atoms with Gasteiger partial charge >= 0.3 is 6.09 Å². The normalized spacial score (nSPS) is 18.0. The van der Waals surface area contributed by atoms with Crippen molar-refractivity contribution in [2.24, 2.45) is 10.9 Å². The SMILES string of the molecule is CCN1CCN(C(C)CNC(=NC)N(C)CCC(NC(=O)OC(C)(C)C)C(C)C)CC1.I. The quantitative estimate of drug-likeness (QED) is 0.253. The van der Waals surface area contributed by atoms with Crippen molar-refractivity contribution >= 4 is 36.0 Å². The van der Waals surface area contributed by atoms with Crippen LogP contribution in [0.15, 0.2) is 4.99 Å². The van der Waals surface area contributed by atoms with E-state index < -0.39 is 5.60 Å². The van der Waals surface area contributed by atoms with Crippen molar-refractivity contribution in [1.29, 1.82) is 0 Å². The van der Waals surface area contributed by atoms with Crippen LogP contribution in [0, 0.1) is 5.92 Å². The lowest BCUT2D eigenvalue weighted by molar-refractivity contribution is 0.0485. The van der Waals surface area contributed by atoms with Crippen LogP contribution in [0.5, 0.6) is 0 Å². The fourth-order valence-corrected chi connectivity index (χ4v) is 3.74. The molecule has 32 heavy (non-hydrogen) atoms. The zero-order valence-corrected chi connectivity index (χ0v) is 24.2. The van der Waals surface area contributed by atoms with E-state index in [1.54, 1.807) is 0 Å². The summed E-state index contributed by atoms with van der Waals surface area (Å²) in [6.07, 6.45) is 0.469. The molecule has 1 saturated heterocycles. The van der Waals surface area contributed by atoms with E-state index in [0.717, 1.165) is 58.2 Å². The van der Waals surface area contributed by atoms with Crippen LogP contribution < -0.4 is 10.6 Å². The van der Waals surface area contributed by atoms with Gasteiger partial charge in [0, 0.05) is 65.4 Å². The first-order chi connectivity index (χ1) is 14.5. The third-order valence-corrected chi connectivity index (χ3v) is 5.89. The fourth-order valence-electron chi connectivity index (χ4n) is 3.74. The number of alkyl carbamates (subject to hydrolysis) is 1. The van der Waals surface area contributed by atoms with Crippen LogP contribution >= 0.6 is 24.0 Å². The molecule has 1 aliphatic heterocycles. The molecule has 0 saturated carbocycles. The summed E-state index contributed by atoms with van der Waals surface area (Å²) in [5.74, 6) is 1.21. The van der Waals surface area contributed by atoms with Gasteiger partial charge in [0.2, 0.25) is 0 Å². The summed E-state index contributed by atoms with van der Waals surface area (Å²) < 4.78 is 5.42. The van der Waals surface area contributed by atoms with E-state index in [4.69, 9.17) is 4.74 Å². The Balaban J connectivity index is 0.00000961. The van der Waals surface area contributed by atoms with E-state index in [9.17, 15) is 4.79 Å². The van der Waals surface area contributed by atoms with E-state index in [0.29, 0.717) is 12.0 Å². The highest BCUT2D eigenvalue weighted by atomic mass is 127. The Hall–Kier alpha value is -0.810. The number of rotatable bonds is 9. The molecule has 8 nitrogen and oxygen atoms in total. The Morgan fingerprint density at radius 2 is 1.75 bits per heavy atom. The van der Waals surface area contributed by atoms with Gasteiger partial charge in [0.05, 0.1) is 0 Å². The molecule has 0 aromatic carbocycles. The van der Waals surface area contributed by atoms with Crippen LogP contribution in [0.3, 0.4) is 0 Å². The maximum Gasteiger partial charge on any atom is 0.407 e. The maximum absolute atomic E-state index is 12.2. The minimum Gasteiger partial charge on any atom is -0.444 e. The molecule has 1 fully saturated rings. The summed E-state index contributed by atoms with van der Waals surface area (Å²) >= 11 is 0. The number of hydrogen-bond donors (Lipinski definition) is 2. The third-order valence-electron chi connectivity index (χ3n) is 5.89. The van der Waals surface area contributed by atoms with Crippen molar-refractivity contribution in [2.45, 2.75) is 72.6 Å². The highest BCUT2D eigenvalue weighted by molar-refractivity contribution is 14.0. The lowest BCUT2D eigenvalue weighted by Crippen LogP contribution is -2.53. The first kappa shape index (κ1) is 31.2. The Morgan fingerprint density at radius 1 is 1.16 bits per heavy atom. The molecular weight excluding hydrogens is 519 g/mol. The zero-order valence-electron chi connectivity index (χ0n) is 21.9. The molecule has 2 unspecified atom stereocenters. The van der Waals surface area contributed by atoms with Crippen LogP contribution in [-0.2, 0) is 4.74 Å². The molecule has 1 amide bonds. The molecule has 0 radical (unpaired) electrons. The van der Waals surface area contributed by atoms with E-state index in [-0.39, 0.29) is 36.1 Å². The van der Waals surface area contributed by atoms with Gasteiger partial charge in [-0.15, -0.1) is 24.0 Å². The van der Waals surface area contributed by atoms with Crippen molar-refractivity contribution in [3.63, 3.8) is 0 Å². The van der Waals surface area contributed by atoms with Gasteiger partial charge in [-0.2, -0.15) is 0 Å². The van der Waals surface area contributed by atoms with Crippen molar-refractivity contribution in [3.8, 4) is 0 Å². The number of aliphatic imine (C=N–C) groups is 1. The number of carbonyl (C=O) groups is 1. The van der Waals surface area contributed by atoms with Crippen LogP contribution in [0.2, 0.25) is 0 Å². The number of guanidine groups is 1. The van der Waals surface area contributed by atoms with Gasteiger partial charge in [-0.05, 0) is 46.6 Å². The van der Waals surface area contributed by atoms with Crippen molar-refractivity contribution in [1.82, 2.24) is 25.3 Å². The molecule has 0 aromatic heterocycles. The predicted octanol–water partition coefficient (Wildman–Crippen LogP) is 3.08. The largest absolute Gasteiger partial charge is 0.444 e. The average Bonchev–Trinajstić information content (AvgIpc) is 2.69. The highest BCUT2D eigenvalue weighted by Crippen LogP contribution is 2.11. The summed E-state index contributed by atoms with van der Waals surface area (Å²) in [6, 6.07) is 0.505. The summed E-state index contributed by atoms with van der Waals surface area (Å²) in [5.41, 5.74) is -0.492. The molecule has 2 atom stereocenters. The second-order valence-corrected chi connectivity index (χ2v) is 9.95. The smallest absolute Gasteiger partial charge is 0.407 e. The average molecular weight is 569 g/mol. The first-order valence-corrected chi connectivity index (χ1v) is 11.8. The van der Waals surface area contributed by atoms with Crippen molar-refractivity contribution in [2.75, 3.05) is 59.9 Å². The molecule has 9 heteroatoms. The number of nitrogens with one attached hydrogen (secondary N) is 2. The minimum atomic E-state index is -0.492. The lowest BCUT2D eigenvalue weighted by Gasteiger charge is -2.38. The topological polar surface area (TPSA) is 72.4 Å². The third kappa shape index (κ3) is 11.9. The van der Waals surface area contributed by atoms with Gasteiger partial charge in [-0.3, -0.25) is 9.89 Å². The Labute approximate surface area is 213 Å². The lowest BCUT2D eigenvalue weighted by atomic mass is 10.0. The van der Waals surface area contributed by atoms with Gasteiger partial charge in [0.25, 0.3) is 0 Å². The van der Waals surface area contributed by atoms with Crippen molar-refractivity contribution < 1.29 is 9.53 Å². The number of nitrogens with zero attached hydrogens (tertiary/aromatic N) is 4. The van der Waals surface area contributed by atoms with Gasteiger partial charge in [0.15, 0.2) is 5.96 Å². The molecule has 0 aliphatic carbocycles. The van der Waals surface area contributed by atoms with E-state index >= 15 is 0 Å². The van der Waals surface area contributed by atoms with Crippen LogP contribution in [0.1, 0.15) is 54.9 Å². The Morgan fingerprint density at radius 3 is 2.22 bits per heavy atom. The van der Waals surface area contributed by atoms with E-state index in [1.165, 1.54) is 0 Å². The van der Waals surface area contributed by atoms with Gasteiger partial charge in [-0.25, -0.2) is 4.79 Å². The molecule has 190 valence electrons. The minimum absolute atomic E-state index is 0. The predicted molar refractivity (Wildman–Crippen MR) is 145 cm³/mol. The number of carbonyl (C=O) groups excluding carboxylic acids is 1. The van der Waals surface area contributed by atoms with Gasteiger partial charge in [0.1, 0.15) is 5.60 Å². The summed E-state index contributed by atoms with van der Waals surface area (Å²) in [5, 5.41) is 6.55. The van der Waals surface area contributed by atoms with Crippen LogP contribution in [-0.4, -0.2) is 104 Å². The monoisotopic (exact) mass is 568 g/mol. The van der Waals surface area contributed by atoms with Crippen molar-refractivity contribution in [3.05, 3.63) is 0 Å². The molecule has 0 bridgehead atoms. The molecule has 1 heterocycles. The first-order valence-electron chi connectivity index (χ1n) is 11.8. The zero-order chi connectivity index (χ0) is 23.6. The number of ether oxygens (including phenoxy) is 1. The molecule has 0 spiro atoms. The molecular formula is C23H49IN6O2. The molecule has 1 aliphatic rings. The van der Waals surface area contributed by atoms with Gasteiger partial charge in [-0.1, -0.05) is 20.8 Å². The molecule has 2 N–H and O–H groups in total. The second kappa shape index (κ2) is 15.2. The Kier molecular flexibility index (Phi) is 14.8. The number of halogens is 1. The number of hydrogen-bond acceptors (Lipinski definition) is 5. The second-order valence-electron chi connectivity index (χ2n) is 9.95. The summed E-state index contributed by atoms with van der Waals surface area (Å²) in [4.78, 5) is 23.8. The van der Waals surface area contributed by atoms with E-state index in [2.05, 4.69) is 58.0 Å². The molecule has 1 rings (SSSR count). The van der Waals surface area contributed by atoms with E-state index in [1.807, 2.05) is 34.9 Å². The summed E-state index contributed by atoms with van der Waals surface area (Å²) in [6.45, 7) is 21.7. The standard InChI is InChI=1S/C23H48N6O2.HI/c1-10-28-13-15-29(16-14-28)19(4)17-25-21(24-8)27(9)12-11-20(18(2)3)26-22(30)31-23(5,6)7;/h18-20H,10-17H2,1-9H3,(H,24,25)(H,26,30);1H. The Bertz CT molecular complexity index is 559. The number of likely N-dealkylation sites (N-methyl/N-ethyl adjacent to an activating group) is 1.